The zero-order chi connectivity index (χ0) is 14.7. The molecule has 1 amide bonds. The Balaban J connectivity index is 1.51. The van der Waals surface area contributed by atoms with E-state index in [1.54, 1.807) is 0 Å². The van der Waals surface area contributed by atoms with Crippen molar-refractivity contribution in [3.05, 3.63) is 11.3 Å². The van der Waals surface area contributed by atoms with Gasteiger partial charge in [-0.1, -0.05) is 6.42 Å². The number of nitrogens with zero attached hydrogens (tertiary/aromatic N) is 2. The van der Waals surface area contributed by atoms with Crippen LogP contribution in [0.3, 0.4) is 0 Å². The lowest BCUT2D eigenvalue weighted by Crippen LogP contribution is -2.37. The number of nitrogens with one attached hydrogen (secondary N) is 2. The lowest BCUT2D eigenvalue weighted by Gasteiger charge is -2.26. The minimum Gasteiger partial charge on any atom is -0.372 e. The van der Waals surface area contributed by atoms with Gasteiger partial charge < -0.3 is 15.5 Å². The van der Waals surface area contributed by atoms with E-state index in [1.807, 2.05) is 6.92 Å². The van der Waals surface area contributed by atoms with Gasteiger partial charge >= 0.3 is 0 Å². The van der Waals surface area contributed by atoms with Crippen molar-refractivity contribution in [2.75, 3.05) is 31.5 Å². The first-order chi connectivity index (χ1) is 10.2. The topological polar surface area (TPSA) is 57.3 Å². The average molecular weight is 308 g/mol. The van der Waals surface area contributed by atoms with E-state index in [9.17, 15) is 4.79 Å². The normalized spacial score (nSPS) is 19.5. The Morgan fingerprint density at radius 1 is 1.33 bits per heavy atom. The molecule has 1 aliphatic carbocycles. The van der Waals surface area contributed by atoms with Gasteiger partial charge in [0, 0.05) is 19.1 Å². The Kier molecular flexibility index (Phi) is 4.75. The maximum absolute atomic E-state index is 12.4. The fourth-order valence-corrected chi connectivity index (χ4v) is 3.62. The summed E-state index contributed by atoms with van der Waals surface area (Å²) >= 11 is 1.40. The van der Waals surface area contributed by atoms with Crippen molar-refractivity contribution in [2.45, 2.75) is 45.1 Å². The van der Waals surface area contributed by atoms with Crippen molar-refractivity contribution in [3.8, 4) is 0 Å². The molecule has 0 radical (unpaired) electrons. The fraction of sp³-hybridized carbons (Fsp3) is 0.733. The van der Waals surface area contributed by atoms with E-state index >= 15 is 0 Å². The van der Waals surface area contributed by atoms with Crippen LogP contribution < -0.4 is 10.6 Å². The summed E-state index contributed by atoms with van der Waals surface area (Å²) in [6, 6.07) is 0.546. The molecule has 2 heterocycles. The first-order valence-corrected chi connectivity index (χ1v) is 8.75. The van der Waals surface area contributed by atoms with E-state index in [0.29, 0.717) is 6.04 Å². The molecule has 21 heavy (non-hydrogen) atoms. The number of hydrogen-bond donors (Lipinski definition) is 2. The molecule has 0 unspecified atom stereocenters. The van der Waals surface area contributed by atoms with Crippen molar-refractivity contribution in [1.29, 1.82) is 0 Å². The molecule has 0 atom stereocenters. The zero-order valence-corrected chi connectivity index (χ0v) is 13.5. The van der Waals surface area contributed by atoms with Gasteiger partial charge in [-0.05, 0) is 57.2 Å². The van der Waals surface area contributed by atoms with Gasteiger partial charge in [-0.15, -0.1) is 0 Å². The fourth-order valence-electron chi connectivity index (χ4n) is 2.75. The molecule has 0 aromatic carbocycles. The predicted molar refractivity (Wildman–Crippen MR) is 86.1 cm³/mol. The average Bonchev–Trinajstić information content (AvgIpc) is 3.22. The molecule has 6 heteroatoms. The van der Waals surface area contributed by atoms with Crippen molar-refractivity contribution in [3.63, 3.8) is 0 Å². The van der Waals surface area contributed by atoms with Crippen molar-refractivity contribution < 1.29 is 4.79 Å². The number of carbonyl (C=O) groups is 1. The quantitative estimate of drug-likeness (QED) is 0.846. The van der Waals surface area contributed by atoms with Crippen molar-refractivity contribution >= 4 is 22.4 Å². The Morgan fingerprint density at radius 3 is 2.81 bits per heavy atom. The van der Waals surface area contributed by atoms with Crippen LogP contribution in [0.5, 0.6) is 0 Å². The molecule has 1 saturated carbocycles. The van der Waals surface area contributed by atoms with E-state index < -0.39 is 0 Å². The molecule has 2 aliphatic rings. The third-order valence-corrected chi connectivity index (χ3v) is 5.03. The Morgan fingerprint density at radius 2 is 2.10 bits per heavy atom. The lowest BCUT2D eigenvalue weighted by atomic mass is 10.1. The zero-order valence-electron chi connectivity index (χ0n) is 12.7. The first kappa shape index (κ1) is 14.8. The van der Waals surface area contributed by atoms with Crippen molar-refractivity contribution in [2.24, 2.45) is 0 Å². The number of rotatable bonds is 6. The molecular formula is C15H24N4OS. The van der Waals surface area contributed by atoms with Crippen LogP contribution in [0.1, 0.15) is 48.2 Å². The molecule has 0 bridgehead atoms. The number of carbonyl (C=O) groups excluding carboxylic acids is 1. The molecule has 1 aromatic rings. The van der Waals surface area contributed by atoms with E-state index in [0.717, 1.165) is 29.3 Å². The van der Waals surface area contributed by atoms with Crippen LogP contribution >= 0.6 is 11.5 Å². The molecular weight excluding hydrogens is 284 g/mol. The van der Waals surface area contributed by atoms with Gasteiger partial charge in [0.25, 0.3) is 5.91 Å². The second-order valence-corrected chi connectivity index (χ2v) is 6.82. The maximum Gasteiger partial charge on any atom is 0.256 e. The summed E-state index contributed by atoms with van der Waals surface area (Å²) < 4.78 is 4.32. The van der Waals surface area contributed by atoms with Gasteiger partial charge in [0.1, 0.15) is 5.00 Å². The largest absolute Gasteiger partial charge is 0.372 e. The molecule has 2 fully saturated rings. The summed E-state index contributed by atoms with van der Waals surface area (Å²) in [5.41, 5.74) is 1.57. The van der Waals surface area contributed by atoms with Gasteiger partial charge in [-0.3, -0.25) is 4.79 Å². The summed E-state index contributed by atoms with van der Waals surface area (Å²) in [6.45, 7) is 5.92. The van der Waals surface area contributed by atoms with Crippen LogP contribution in [0.15, 0.2) is 0 Å². The number of aromatic nitrogens is 1. The van der Waals surface area contributed by atoms with E-state index in [1.165, 1.54) is 56.7 Å². The highest BCUT2D eigenvalue weighted by atomic mass is 32.1. The first-order valence-electron chi connectivity index (χ1n) is 7.97. The van der Waals surface area contributed by atoms with Gasteiger partial charge in [0.15, 0.2) is 0 Å². The van der Waals surface area contributed by atoms with Crippen LogP contribution in [0, 0.1) is 6.92 Å². The molecule has 3 rings (SSSR count). The minimum absolute atomic E-state index is 0.0152. The Bertz CT molecular complexity index is 492. The standard InChI is InChI=1S/C15H24N4OS/c1-11-13(15(21-18-11)17-12-5-6-12)14(20)16-7-10-19-8-3-2-4-9-19/h12,17H,2-10H2,1H3,(H,16,20). The third-order valence-electron chi connectivity index (χ3n) is 4.16. The van der Waals surface area contributed by atoms with Gasteiger partial charge in [-0.25, -0.2) is 0 Å². The van der Waals surface area contributed by atoms with Crippen LogP contribution in [-0.4, -0.2) is 47.4 Å². The molecule has 1 aromatic heterocycles. The molecule has 1 aliphatic heterocycles. The second kappa shape index (κ2) is 6.75. The third kappa shape index (κ3) is 3.95. The Hall–Kier alpha value is -1.14. The van der Waals surface area contributed by atoms with Gasteiger partial charge in [0.05, 0.1) is 11.3 Å². The maximum atomic E-state index is 12.4. The number of piperidine rings is 1. The highest BCUT2D eigenvalue weighted by Gasteiger charge is 2.26. The monoisotopic (exact) mass is 308 g/mol. The van der Waals surface area contributed by atoms with E-state index in [4.69, 9.17) is 0 Å². The summed E-state index contributed by atoms with van der Waals surface area (Å²) in [7, 11) is 0. The number of aryl methyl sites for hydroxylation is 1. The highest BCUT2D eigenvalue weighted by molar-refractivity contribution is 7.10. The Labute approximate surface area is 130 Å². The van der Waals surface area contributed by atoms with Gasteiger partial charge in [-0.2, -0.15) is 4.37 Å². The van der Waals surface area contributed by atoms with Crippen LogP contribution in [-0.2, 0) is 0 Å². The number of amides is 1. The SMILES string of the molecule is Cc1nsc(NC2CC2)c1C(=O)NCCN1CCCCC1. The second-order valence-electron chi connectivity index (χ2n) is 6.05. The molecule has 1 saturated heterocycles. The van der Waals surface area contributed by atoms with E-state index in [2.05, 4.69) is 19.9 Å². The summed E-state index contributed by atoms with van der Waals surface area (Å²) in [4.78, 5) is 14.8. The molecule has 0 spiro atoms. The number of likely N-dealkylation sites (tertiary alicyclic amines) is 1. The van der Waals surface area contributed by atoms with E-state index in [-0.39, 0.29) is 5.91 Å². The molecule has 2 N–H and O–H groups in total. The molecule has 5 nitrogen and oxygen atoms in total. The summed E-state index contributed by atoms with van der Waals surface area (Å²) in [6.07, 6.45) is 6.33. The molecule has 116 valence electrons. The predicted octanol–water partition coefficient (Wildman–Crippen LogP) is 2.24. The van der Waals surface area contributed by atoms with Crippen LogP contribution in [0.25, 0.3) is 0 Å². The number of anilines is 1. The van der Waals surface area contributed by atoms with Crippen LogP contribution in [0.4, 0.5) is 5.00 Å². The van der Waals surface area contributed by atoms with Gasteiger partial charge in [0.2, 0.25) is 0 Å². The minimum atomic E-state index is 0.0152. The smallest absolute Gasteiger partial charge is 0.256 e. The van der Waals surface area contributed by atoms with Crippen LogP contribution in [0.2, 0.25) is 0 Å². The van der Waals surface area contributed by atoms with Crippen molar-refractivity contribution in [1.82, 2.24) is 14.6 Å². The number of hydrogen-bond acceptors (Lipinski definition) is 5. The highest BCUT2D eigenvalue weighted by Crippen LogP contribution is 2.31. The summed E-state index contributed by atoms with van der Waals surface area (Å²) in [5, 5.41) is 7.40. The lowest BCUT2D eigenvalue weighted by molar-refractivity contribution is 0.0947. The summed E-state index contributed by atoms with van der Waals surface area (Å²) in [5.74, 6) is 0.0152.